The first kappa shape index (κ1) is 28.6. The van der Waals surface area contributed by atoms with Crippen molar-refractivity contribution in [1.82, 2.24) is 15.5 Å². The van der Waals surface area contributed by atoms with Gasteiger partial charge in [-0.2, -0.15) is 13.2 Å². The molecule has 2 amide bonds. The SMILES string of the molecule is CC(C)C[C@H](N[C@@H](c1ccc(Br)cc1)C(F)(F)F)C(=O)NC1CN(C(=O)OCc2ccccc2)CC1=O. The van der Waals surface area contributed by atoms with E-state index < -0.39 is 42.1 Å². The van der Waals surface area contributed by atoms with Crippen LogP contribution in [-0.2, 0) is 20.9 Å². The number of amides is 2. The van der Waals surface area contributed by atoms with Crippen LogP contribution in [0.25, 0.3) is 0 Å². The second-order valence-electron chi connectivity index (χ2n) is 9.32. The normalized spacial score (nSPS) is 17.5. The molecule has 0 bridgehead atoms. The Balaban J connectivity index is 1.66. The van der Waals surface area contributed by atoms with E-state index >= 15 is 0 Å². The summed E-state index contributed by atoms with van der Waals surface area (Å²) in [5.74, 6) is -1.27. The zero-order valence-corrected chi connectivity index (χ0v) is 22.0. The lowest BCUT2D eigenvalue weighted by Crippen LogP contribution is -2.53. The minimum Gasteiger partial charge on any atom is -0.445 e. The molecule has 200 valence electrons. The third kappa shape index (κ3) is 8.29. The standard InChI is InChI=1S/C26H29BrF3N3O4/c1-16(2)12-20(31-23(26(28,29)30)18-8-10-19(27)11-9-18)24(35)32-21-13-33(14-22(21)34)25(36)37-15-17-6-4-3-5-7-17/h3-11,16,20-21,23,31H,12-15H2,1-2H3,(H,32,35)/t20-,21?,23-/m0/s1. The number of rotatable bonds is 9. The lowest BCUT2D eigenvalue weighted by molar-refractivity contribution is -0.161. The number of hydrogen-bond acceptors (Lipinski definition) is 5. The van der Waals surface area contributed by atoms with Gasteiger partial charge in [0.15, 0.2) is 5.78 Å². The van der Waals surface area contributed by atoms with Crippen molar-refractivity contribution in [3.8, 4) is 0 Å². The summed E-state index contributed by atoms with van der Waals surface area (Å²) in [6, 6.07) is 10.3. The number of ketones is 1. The molecule has 3 atom stereocenters. The van der Waals surface area contributed by atoms with Crippen molar-refractivity contribution in [2.24, 2.45) is 5.92 Å². The van der Waals surface area contributed by atoms with Crippen molar-refractivity contribution in [3.05, 3.63) is 70.2 Å². The molecule has 1 aliphatic heterocycles. The van der Waals surface area contributed by atoms with Crippen LogP contribution in [0.3, 0.4) is 0 Å². The highest BCUT2D eigenvalue weighted by Crippen LogP contribution is 2.34. The Morgan fingerprint density at radius 1 is 1.11 bits per heavy atom. The number of carbonyl (C=O) groups excluding carboxylic acids is 3. The molecule has 1 aliphatic rings. The zero-order valence-electron chi connectivity index (χ0n) is 20.4. The summed E-state index contributed by atoms with van der Waals surface area (Å²) < 4.78 is 47.7. The molecule has 7 nitrogen and oxygen atoms in total. The van der Waals surface area contributed by atoms with Gasteiger partial charge in [-0.1, -0.05) is 72.2 Å². The highest BCUT2D eigenvalue weighted by molar-refractivity contribution is 9.10. The molecular weight excluding hydrogens is 555 g/mol. The fourth-order valence-corrected chi connectivity index (χ4v) is 4.26. The molecule has 3 rings (SSSR count). The number of hydrogen-bond donors (Lipinski definition) is 2. The quantitative estimate of drug-likeness (QED) is 0.444. The van der Waals surface area contributed by atoms with Crippen LogP contribution in [0.1, 0.15) is 37.4 Å². The average Bonchev–Trinajstić information content (AvgIpc) is 3.20. The van der Waals surface area contributed by atoms with Crippen molar-refractivity contribution < 1.29 is 32.3 Å². The van der Waals surface area contributed by atoms with Crippen molar-refractivity contribution in [2.45, 2.75) is 51.2 Å². The van der Waals surface area contributed by atoms with Crippen LogP contribution in [0.2, 0.25) is 0 Å². The van der Waals surface area contributed by atoms with E-state index in [4.69, 9.17) is 4.74 Å². The van der Waals surface area contributed by atoms with E-state index in [0.717, 1.165) is 5.56 Å². The van der Waals surface area contributed by atoms with Gasteiger partial charge < -0.3 is 10.1 Å². The van der Waals surface area contributed by atoms with Crippen LogP contribution in [0.15, 0.2) is 59.1 Å². The number of likely N-dealkylation sites (tertiary alicyclic amines) is 1. The number of ether oxygens (including phenoxy) is 1. The van der Waals surface area contributed by atoms with Crippen LogP contribution < -0.4 is 10.6 Å². The number of nitrogens with one attached hydrogen (secondary N) is 2. The number of nitrogens with zero attached hydrogens (tertiary/aromatic N) is 1. The predicted octanol–water partition coefficient (Wildman–Crippen LogP) is 4.76. The molecule has 37 heavy (non-hydrogen) atoms. The predicted molar refractivity (Wildman–Crippen MR) is 134 cm³/mol. The van der Waals surface area contributed by atoms with Crippen molar-refractivity contribution in [2.75, 3.05) is 13.1 Å². The molecule has 0 radical (unpaired) electrons. The Morgan fingerprint density at radius 2 is 1.76 bits per heavy atom. The molecule has 2 aromatic rings. The van der Waals surface area contributed by atoms with Crippen molar-refractivity contribution in [1.29, 1.82) is 0 Å². The van der Waals surface area contributed by atoms with Gasteiger partial charge in [0.05, 0.1) is 19.1 Å². The molecular formula is C26H29BrF3N3O4. The minimum absolute atomic E-state index is 0.0245. The Bertz CT molecular complexity index is 1080. The number of alkyl halides is 3. The second-order valence-corrected chi connectivity index (χ2v) is 10.2. The largest absolute Gasteiger partial charge is 0.445 e. The van der Waals surface area contributed by atoms with E-state index in [-0.39, 0.29) is 37.6 Å². The third-order valence-corrected chi connectivity index (χ3v) is 6.37. The Kier molecular flexibility index (Phi) is 9.72. The highest BCUT2D eigenvalue weighted by Gasteiger charge is 2.44. The van der Waals surface area contributed by atoms with E-state index in [9.17, 15) is 27.6 Å². The summed E-state index contributed by atoms with van der Waals surface area (Å²) in [6.07, 6.45) is -5.26. The van der Waals surface area contributed by atoms with E-state index in [1.165, 1.54) is 29.2 Å². The fraction of sp³-hybridized carbons (Fsp3) is 0.423. The summed E-state index contributed by atoms with van der Waals surface area (Å²) in [5.41, 5.74) is 0.736. The topological polar surface area (TPSA) is 87.7 Å². The Labute approximate surface area is 221 Å². The summed E-state index contributed by atoms with van der Waals surface area (Å²) >= 11 is 3.21. The summed E-state index contributed by atoms with van der Waals surface area (Å²) in [4.78, 5) is 39.2. The first-order valence-corrected chi connectivity index (χ1v) is 12.6. The van der Waals surface area contributed by atoms with Gasteiger partial charge in [-0.05, 0) is 35.6 Å². The van der Waals surface area contributed by atoms with Crippen LogP contribution in [0, 0.1) is 5.92 Å². The van der Waals surface area contributed by atoms with Gasteiger partial charge >= 0.3 is 12.3 Å². The maximum Gasteiger partial charge on any atom is 0.410 e. The van der Waals surface area contributed by atoms with E-state index in [1.807, 2.05) is 6.07 Å². The first-order valence-electron chi connectivity index (χ1n) is 11.8. The van der Waals surface area contributed by atoms with E-state index in [2.05, 4.69) is 26.6 Å². The second kappa shape index (κ2) is 12.6. The monoisotopic (exact) mass is 583 g/mol. The molecule has 1 heterocycles. The fourth-order valence-electron chi connectivity index (χ4n) is 3.99. The average molecular weight is 584 g/mol. The van der Waals surface area contributed by atoms with Crippen molar-refractivity contribution >= 4 is 33.7 Å². The van der Waals surface area contributed by atoms with E-state index in [0.29, 0.717) is 4.47 Å². The lowest BCUT2D eigenvalue weighted by Gasteiger charge is -2.29. The first-order chi connectivity index (χ1) is 17.4. The number of carbonyl (C=O) groups is 3. The number of Topliss-reactive ketones (excluding diaryl/α,β-unsaturated/α-hetero) is 1. The van der Waals surface area contributed by atoms with Gasteiger partial charge in [-0.3, -0.25) is 19.8 Å². The van der Waals surface area contributed by atoms with Gasteiger partial charge in [-0.15, -0.1) is 0 Å². The van der Waals surface area contributed by atoms with Crippen LogP contribution in [-0.4, -0.2) is 54.0 Å². The molecule has 1 saturated heterocycles. The molecule has 0 saturated carbocycles. The number of halogens is 4. The third-order valence-electron chi connectivity index (χ3n) is 5.84. The van der Waals surface area contributed by atoms with Gasteiger partial charge in [-0.25, -0.2) is 4.79 Å². The maximum absolute atomic E-state index is 14.0. The maximum atomic E-state index is 14.0. The Morgan fingerprint density at radius 3 is 2.35 bits per heavy atom. The minimum atomic E-state index is -4.66. The molecule has 2 aromatic carbocycles. The van der Waals surface area contributed by atoms with Crippen LogP contribution in [0.4, 0.5) is 18.0 Å². The van der Waals surface area contributed by atoms with Gasteiger partial charge in [0.1, 0.15) is 18.7 Å². The van der Waals surface area contributed by atoms with Gasteiger partial charge in [0.25, 0.3) is 0 Å². The summed E-state index contributed by atoms with van der Waals surface area (Å²) in [6.45, 7) is 3.22. The highest BCUT2D eigenvalue weighted by atomic mass is 79.9. The lowest BCUT2D eigenvalue weighted by atomic mass is 9.99. The molecule has 0 aliphatic carbocycles. The van der Waals surface area contributed by atoms with E-state index in [1.54, 1.807) is 38.1 Å². The molecule has 0 aromatic heterocycles. The number of benzene rings is 2. The molecule has 1 unspecified atom stereocenters. The van der Waals surface area contributed by atoms with Crippen LogP contribution in [0.5, 0.6) is 0 Å². The summed E-state index contributed by atoms with van der Waals surface area (Å²) in [7, 11) is 0. The van der Waals surface area contributed by atoms with Crippen LogP contribution >= 0.6 is 15.9 Å². The van der Waals surface area contributed by atoms with Gasteiger partial charge in [0.2, 0.25) is 5.91 Å². The molecule has 0 spiro atoms. The molecule has 1 fully saturated rings. The van der Waals surface area contributed by atoms with Crippen molar-refractivity contribution in [3.63, 3.8) is 0 Å². The Hall–Kier alpha value is -2.92. The zero-order chi connectivity index (χ0) is 27.2. The molecule has 11 heteroatoms. The van der Waals surface area contributed by atoms with Gasteiger partial charge in [0, 0.05) is 4.47 Å². The summed E-state index contributed by atoms with van der Waals surface area (Å²) in [5, 5.41) is 4.99. The smallest absolute Gasteiger partial charge is 0.410 e. The molecule has 2 N–H and O–H groups in total.